The van der Waals surface area contributed by atoms with E-state index in [1.807, 2.05) is 6.07 Å². The molecule has 1 aromatic heterocycles. The molecule has 19 heavy (non-hydrogen) atoms. The predicted octanol–water partition coefficient (Wildman–Crippen LogP) is 1.58. The van der Waals surface area contributed by atoms with Crippen LogP contribution in [0.15, 0.2) is 29.4 Å². The van der Waals surface area contributed by atoms with Crippen molar-refractivity contribution in [3.63, 3.8) is 0 Å². The molecule has 100 valence electrons. The molecule has 1 aliphatic rings. The van der Waals surface area contributed by atoms with Gasteiger partial charge in [0.25, 0.3) is 15.2 Å². The molecule has 0 spiro atoms. The quantitative estimate of drug-likeness (QED) is 0.931. The molecule has 0 unspecified atom stereocenters. The predicted molar refractivity (Wildman–Crippen MR) is 70.1 cm³/mol. The average molecular weight is 299 g/mol. The molecule has 0 saturated heterocycles. The van der Waals surface area contributed by atoms with Gasteiger partial charge in [0, 0.05) is 16.6 Å². The molecule has 0 atom stereocenters. The highest BCUT2D eigenvalue weighted by molar-refractivity contribution is 7.89. The molecule has 6 nitrogen and oxygen atoms in total. The van der Waals surface area contributed by atoms with Gasteiger partial charge in [-0.25, -0.2) is 13.6 Å². The molecule has 0 aliphatic heterocycles. The summed E-state index contributed by atoms with van der Waals surface area (Å²) in [6, 6.07) is 7.14. The van der Waals surface area contributed by atoms with Gasteiger partial charge in [-0.3, -0.25) is 4.57 Å². The molecule has 2 aromatic rings. The number of nitrogens with zero attached hydrogens (tertiary/aromatic N) is 3. The fraction of sp³-hybridized carbons (Fsp3) is 0.273. The molecule has 3 rings (SSSR count). The van der Waals surface area contributed by atoms with E-state index in [1.165, 1.54) is 0 Å². The van der Waals surface area contributed by atoms with Crippen LogP contribution in [0.1, 0.15) is 18.9 Å². The van der Waals surface area contributed by atoms with Crippen molar-refractivity contribution in [2.75, 3.05) is 0 Å². The van der Waals surface area contributed by atoms with Crippen LogP contribution in [0.5, 0.6) is 0 Å². The van der Waals surface area contributed by atoms with E-state index in [1.54, 1.807) is 22.8 Å². The number of nitrogens with two attached hydrogens (primary N) is 1. The number of aromatic nitrogens is 3. The van der Waals surface area contributed by atoms with Gasteiger partial charge in [-0.05, 0) is 25.0 Å². The van der Waals surface area contributed by atoms with Gasteiger partial charge in [0.1, 0.15) is 0 Å². The molecule has 1 heterocycles. The van der Waals surface area contributed by atoms with E-state index in [0.717, 1.165) is 18.4 Å². The lowest BCUT2D eigenvalue weighted by atomic mass is 10.2. The summed E-state index contributed by atoms with van der Waals surface area (Å²) in [6.07, 6.45) is 1.79. The maximum Gasteiger partial charge on any atom is 0.273 e. The Morgan fingerprint density at radius 3 is 2.63 bits per heavy atom. The van der Waals surface area contributed by atoms with E-state index < -0.39 is 10.0 Å². The lowest BCUT2D eigenvalue weighted by molar-refractivity contribution is 0.567. The molecule has 1 fully saturated rings. The second kappa shape index (κ2) is 4.29. The molecular formula is C11H11ClN4O2S. The Morgan fingerprint density at radius 2 is 2.05 bits per heavy atom. The van der Waals surface area contributed by atoms with Gasteiger partial charge < -0.3 is 0 Å². The third-order valence-electron chi connectivity index (χ3n) is 2.91. The van der Waals surface area contributed by atoms with Crippen LogP contribution in [-0.2, 0) is 10.0 Å². The number of hydrogen-bond acceptors (Lipinski definition) is 4. The fourth-order valence-electron chi connectivity index (χ4n) is 1.96. The summed E-state index contributed by atoms with van der Waals surface area (Å²) in [5.41, 5.74) is 0.724. The lowest BCUT2D eigenvalue weighted by Crippen LogP contribution is -2.18. The zero-order chi connectivity index (χ0) is 13.6. The van der Waals surface area contributed by atoms with Crippen molar-refractivity contribution in [1.82, 2.24) is 14.8 Å². The largest absolute Gasteiger partial charge is 0.294 e. The van der Waals surface area contributed by atoms with Crippen LogP contribution in [0.2, 0.25) is 5.02 Å². The normalized spacial score (nSPS) is 15.7. The van der Waals surface area contributed by atoms with Crippen molar-refractivity contribution in [1.29, 1.82) is 0 Å². The summed E-state index contributed by atoms with van der Waals surface area (Å²) in [4.78, 5) is 0. The van der Waals surface area contributed by atoms with Crippen LogP contribution < -0.4 is 5.14 Å². The number of hydrogen-bond donors (Lipinski definition) is 1. The monoisotopic (exact) mass is 298 g/mol. The Bertz CT molecular complexity index is 737. The first-order valence-electron chi connectivity index (χ1n) is 5.70. The molecule has 0 bridgehead atoms. The van der Waals surface area contributed by atoms with Crippen molar-refractivity contribution >= 4 is 21.6 Å². The van der Waals surface area contributed by atoms with Crippen molar-refractivity contribution in [3.05, 3.63) is 29.3 Å². The summed E-state index contributed by atoms with van der Waals surface area (Å²) in [7, 11) is -3.88. The molecule has 0 amide bonds. The van der Waals surface area contributed by atoms with Gasteiger partial charge in [0.05, 0.1) is 0 Å². The molecule has 1 aromatic carbocycles. The number of halogens is 1. The third-order valence-corrected chi connectivity index (χ3v) is 3.94. The first-order chi connectivity index (χ1) is 8.97. The summed E-state index contributed by atoms with van der Waals surface area (Å²) in [5, 5.41) is 13.2. The van der Waals surface area contributed by atoms with Gasteiger partial charge in [-0.15, -0.1) is 10.2 Å². The SMILES string of the molecule is NS(=O)(=O)c1nnc(-c2cccc(Cl)c2)n1C1CC1. The van der Waals surface area contributed by atoms with Crippen LogP contribution in [0.4, 0.5) is 0 Å². The van der Waals surface area contributed by atoms with Gasteiger partial charge in [-0.1, -0.05) is 23.7 Å². The first-order valence-corrected chi connectivity index (χ1v) is 7.63. The summed E-state index contributed by atoms with van der Waals surface area (Å²) >= 11 is 5.94. The third kappa shape index (κ3) is 2.36. The second-order valence-electron chi connectivity index (χ2n) is 4.46. The Kier molecular flexibility index (Phi) is 2.84. The van der Waals surface area contributed by atoms with E-state index in [0.29, 0.717) is 10.8 Å². The highest BCUT2D eigenvalue weighted by Gasteiger charge is 2.33. The van der Waals surface area contributed by atoms with Crippen LogP contribution in [0, 0.1) is 0 Å². The zero-order valence-corrected chi connectivity index (χ0v) is 11.4. The van der Waals surface area contributed by atoms with E-state index in [4.69, 9.17) is 16.7 Å². The Balaban J connectivity index is 2.20. The maximum atomic E-state index is 11.5. The minimum atomic E-state index is -3.88. The summed E-state index contributed by atoms with van der Waals surface area (Å²) in [5.74, 6) is 0.481. The maximum absolute atomic E-state index is 11.5. The van der Waals surface area contributed by atoms with E-state index >= 15 is 0 Å². The van der Waals surface area contributed by atoms with Crippen molar-refractivity contribution in [2.45, 2.75) is 24.0 Å². The highest BCUT2D eigenvalue weighted by atomic mass is 35.5. The van der Waals surface area contributed by atoms with E-state index in [2.05, 4.69) is 10.2 Å². The molecule has 1 saturated carbocycles. The summed E-state index contributed by atoms with van der Waals surface area (Å²) in [6.45, 7) is 0. The van der Waals surface area contributed by atoms with Crippen LogP contribution >= 0.6 is 11.6 Å². The number of benzene rings is 1. The van der Waals surface area contributed by atoms with Crippen molar-refractivity contribution < 1.29 is 8.42 Å². The zero-order valence-electron chi connectivity index (χ0n) is 9.82. The average Bonchev–Trinajstić information content (AvgIpc) is 3.06. The van der Waals surface area contributed by atoms with E-state index in [-0.39, 0.29) is 11.2 Å². The van der Waals surface area contributed by atoms with Gasteiger partial charge >= 0.3 is 0 Å². The highest BCUT2D eigenvalue weighted by Crippen LogP contribution is 2.39. The standard InChI is InChI=1S/C11H11ClN4O2S/c12-8-3-1-2-7(6-8)10-14-15-11(19(13,17)18)16(10)9-4-5-9/h1-3,6,9H,4-5H2,(H2,13,17,18). The molecule has 2 N–H and O–H groups in total. The summed E-state index contributed by atoms with van der Waals surface area (Å²) < 4.78 is 24.6. The Morgan fingerprint density at radius 1 is 1.32 bits per heavy atom. The van der Waals surface area contributed by atoms with Gasteiger partial charge in [0.15, 0.2) is 5.82 Å². The second-order valence-corrected chi connectivity index (χ2v) is 6.35. The van der Waals surface area contributed by atoms with Crippen molar-refractivity contribution in [2.24, 2.45) is 5.14 Å². The number of primary sulfonamides is 1. The van der Waals surface area contributed by atoms with Crippen LogP contribution in [0.25, 0.3) is 11.4 Å². The van der Waals surface area contributed by atoms with Crippen LogP contribution in [0.3, 0.4) is 0 Å². The topological polar surface area (TPSA) is 90.9 Å². The van der Waals surface area contributed by atoms with E-state index in [9.17, 15) is 8.42 Å². The Hall–Kier alpha value is -1.44. The Labute approximate surface area is 115 Å². The minimum Gasteiger partial charge on any atom is -0.294 e. The molecule has 0 radical (unpaired) electrons. The molecule has 8 heteroatoms. The van der Waals surface area contributed by atoms with Gasteiger partial charge in [-0.2, -0.15) is 0 Å². The van der Waals surface area contributed by atoms with Crippen molar-refractivity contribution in [3.8, 4) is 11.4 Å². The van der Waals surface area contributed by atoms with Gasteiger partial charge in [0.2, 0.25) is 0 Å². The number of rotatable bonds is 3. The number of sulfonamides is 1. The molecular weight excluding hydrogens is 288 g/mol. The molecule has 1 aliphatic carbocycles. The van der Waals surface area contributed by atoms with Crippen LogP contribution in [-0.4, -0.2) is 23.2 Å². The first kappa shape index (κ1) is 12.6. The fourth-order valence-corrected chi connectivity index (χ4v) is 2.81. The minimum absolute atomic E-state index is 0.0947. The smallest absolute Gasteiger partial charge is 0.273 e. The lowest BCUT2D eigenvalue weighted by Gasteiger charge is -2.07.